The predicted molar refractivity (Wildman–Crippen MR) is 95.5 cm³/mol. The van der Waals surface area contributed by atoms with Gasteiger partial charge in [0, 0.05) is 12.6 Å². The van der Waals surface area contributed by atoms with Crippen LogP contribution in [0.25, 0.3) is 10.6 Å². The monoisotopic (exact) mass is 346 g/mol. The van der Waals surface area contributed by atoms with Gasteiger partial charge < -0.3 is 16.0 Å². The Hall–Kier alpha value is -2.25. The summed E-state index contributed by atoms with van der Waals surface area (Å²) >= 11 is 1.58. The number of likely N-dealkylation sites (N-methyl/N-ethyl adjacent to an activating group) is 1. The number of aromatic nitrogens is 1. The zero-order valence-electron chi connectivity index (χ0n) is 14.1. The number of aryl methyl sites for hydroxylation is 1. The third-order valence-electron chi connectivity index (χ3n) is 3.83. The Morgan fingerprint density at radius 3 is 2.62 bits per heavy atom. The van der Waals surface area contributed by atoms with Gasteiger partial charge in [-0.2, -0.15) is 0 Å². The Labute approximate surface area is 145 Å². The van der Waals surface area contributed by atoms with Gasteiger partial charge in [-0.3, -0.25) is 9.59 Å². The van der Waals surface area contributed by atoms with Crippen LogP contribution in [0.3, 0.4) is 0 Å². The van der Waals surface area contributed by atoms with E-state index in [0.717, 1.165) is 21.1 Å². The standard InChI is InChI=1S/C17H22N4O2S/c1-11-16(24-17(20-11)13-7-5-4-6-8-13)12(2)21(3)15(23)10-19-14(22)9-18/h4-8,12H,9-10,18H2,1-3H3,(H,19,22). The van der Waals surface area contributed by atoms with Gasteiger partial charge in [0.05, 0.1) is 29.7 Å². The molecule has 1 aromatic carbocycles. The molecule has 1 heterocycles. The van der Waals surface area contributed by atoms with Crippen molar-refractivity contribution in [1.82, 2.24) is 15.2 Å². The van der Waals surface area contributed by atoms with Gasteiger partial charge in [-0.1, -0.05) is 30.3 Å². The molecule has 0 aliphatic heterocycles. The minimum atomic E-state index is -0.343. The van der Waals surface area contributed by atoms with E-state index in [0.29, 0.717) is 0 Å². The number of nitrogens with one attached hydrogen (secondary N) is 1. The number of benzene rings is 1. The van der Waals surface area contributed by atoms with Crippen molar-refractivity contribution in [2.45, 2.75) is 19.9 Å². The molecule has 0 aliphatic carbocycles. The lowest BCUT2D eigenvalue weighted by Crippen LogP contribution is -2.41. The first-order chi connectivity index (χ1) is 11.4. The third-order valence-corrected chi connectivity index (χ3v) is 5.21. The van der Waals surface area contributed by atoms with Crippen LogP contribution in [-0.2, 0) is 9.59 Å². The van der Waals surface area contributed by atoms with Gasteiger partial charge in [0.15, 0.2) is 0 Å². The fraction of sp³-hybridized carbons (Fsp3) is 0.353. The van der Waals surface area contributed by atoms with Crippen molar-refractivity contribution in [2.24, 2.45) is 5.73 Å². The topological polar surface area (TPSA) is 88.3 Å². The average molecular weight is 346 g/mol. The van der Waals surface area contributed by atoms with Gasteiger partial charge in [0.2, 0.25) is 11.8 Å². The van der Waals surface area contributed by atoms with Crippen LogP contribution in [0.2, 0.25) is 0 Å². The highest BCUT2D eigenvalue weighted by molar-refractivity contribution is 7.15. The maximum Gasteiger partial charge on any atom is 0.242 e. The maximum absolute atomic E-state index is 12.2. The first-order valence-corrected chi connectivity index (χ1v) is 8.50. The number of hydrogen-bond acceptors (Lipinski definition) is 5. The fourth-order valence-corrected chi connectivity index (χ4v) is 3.43. The summed E-state index contributed by atoms with van der Waals surface area (Å²) < 4.78 is 0. The molecule has 7 heteroatoms. The molecule has 1 aromatic heterocycles. The number of rotatable bonds is 6. The van der Waals surface area contributed by atoms with Crippen LogP contribution in [0.1, 0.15) is 23.5 Å². The molecule has 1 atom stereocenters. The van der Waals surface area contributed by atoms with Crippen LogP contribution < -0.4 is 11.1 Å². The number of amides is 2. The highest BCUT2D eigenvalue weighted by atomic mass is 32.1. The van der Waals surface area contributed by atoms with Gasteiger partial charge >= 0.3 is 0 Å². The molecular formula is C17H22N4O2S. The normalized spacial score (nSPS) is 11.8. The Morgan fingerprint density at radius 2 is 2.00 bits per heavy atom. The van der Waals surface area contributed by atoms with E-state index in [1.54, 1.807) is 23.3 Å². The van der Waals surface area contributed by atoms with Gasteiger partial charge in [-0.25, -0.2) is 4.98 Å². The summed E-state index contributed by atoms with van der Waals surface area (Å²) in [6.07, 6.45) is 0. The Bertz CT molecular complexity index is 715. The number of carbonyl (C=O) groups excluding carboxylic acids is 2. The first-order valence-electron chi connectivity index (χ1n) is 7.69. The average Bonchev–Trinajstić information content (AvgIpc) is 3.00. The van der Waals surface area contributed by atoms with Crippen LogP contribution in [0.5, 0.6) is 0 Å². The fourth-order valence-electron chi connectivity index (χ4n) is 2.26. The molecular weight excluding hydrogens is 324 g/mol. The van der Waals surface area contributed by atoms with Gasteiger partial charge in [0.25, 0.3) is 0 Å². The summed E-state index contributed by atoms with van der Waals surface area (Å²) in [7, 11) is 1.73. The number of nitrogens with two attached hydrogens (primary N) is 1. The molecule has 6 nitrogen and oxygen atoms in total. The van der Waals surface area contributed by atoms with E-state index in [-0.39, 0.29) is 30.9 Å². The minimum absolute atomic E-state index is 0.0553. The summed E-state index contributed by atoms with van der Waals surface area (Å²) in [5.41, 5.74) is 7.20. The van der Waals surface area contributed by atoms with Crippen molar-refractivity contribution in [2.75, 3.05) is 20.1 Å². The number of hydrogen-bond donors (Lipinski definition) is 2. The van der Waals surface area contributed by atoms with Gasteiger partial charge in [-0.05, 0) is 13.8 Å². The molecule has 128 valence electrons. The Balaban J connectivity index is 2.11. The van der Waals surface area contributed by atoms with Crippen LogP contribution in [-0.4, -0.2) is 41.8 Å². The second kappa shape index (κ2) is 8.03. The summed E-state index contributed by atoms with van der Waals surface area (Å²) in [5, 5.41) is 3.43. The first kappa shape index (κ1) is 18.1. The lowest BCUT2D eigenvalue weighted by Gasteiger charge is -2.24. The molecule has 2 aromatic rings. The zero-order chi connectivity index (χ0) is 17.7. The second-order valence-corrected chi connectivity index (χ2v) is 6.53. The van der Waals surface area contributed by atoms with Crippen LogP contribution in [0, 0.1) is 6.92 Å². The summed E-state index contributed by atoms with van der Waals surface area (Å²) in [4.78, 5) is 30.7. The lowest BCUT2D eigenvalue weighted by molar-refractivity contribution is -0.133. The SMILES string of the molecule is Cc1nc(-c2ccccc2)sc1C(C)N(C)C(=O)CNC(=O)CN. The van der Waals surface area contributed by atoms with Crippen molar-refractivity contribution < 1.29 is 9.59 Å². The number of thiazole rings is 1. The highest BCUT2D eigenvalue weighted by Crippen LogP contribution is 2.33. The van der Waals surface area contributed by atoms with Crippen molar-refractivity contribution in [3.63, 3.8) is 0 Å². The minimum Gasteiger partial charge on any atom is -0.346 e. The number of carbonyl (C=O) groups is 2. The molecule has 0 spiro atoms. The quantitative estimate of drug-likeness (QED) is 0.833. The van der Waals surface area contributed by atoms with Crippen LogP contribution >= 0.6 is 11.3 Å². The van der Waals surface area contributed by atoms with Crippen molar-refractivity contribution >= 4 is 23.2 Å². The highest BCUT2D eigenvalue weighted by Gasteiger charge is 2.22. The summed E-state index contributed by atoms with van der Waals surface area (Å²) in [6, 6.07) is 9.83. The molecule has 0 fully saturated rings. The van der Waals surface area contributed by atoms with E-state index in [4.69, 9.17) is 5.73 Å². The van der Waals surface area contributed by atoms with Crippen molar-refractivity contribution in [3.8, 4) is 10.6 Å². The number of nitrogens with zero attached hydrogens (tertiary/aromatic N) is 2. The van der Waals surface area contributed by atoms with E-state index in [2.05, 4.69) is 10.3 Å². The molecule has 2 amide bonds. The molecule has 0 saturated carbocycles. The van der Waals surface area contributed by atoms with Crippen molar-refractivity contribution in [1.29, 1.82) is 0 Å². The molecule has 24 heavy (non-hydrogen) atoms. The van der Waals surface area contributed by atoms with E-state index in [1.807, 2.05) is 44.2 Å². The van der Waals surface area contributed by atoms with Crippen LogP contribution in [0.15, 0.2) is 30.3 Å². The molecule has 0 bridgehead atoms. The molecule has 3 N–H and O–H groups in total. The molecule has 1 unspecified atom stereocenters. The molecule has 0 radical (unpaired) electrons. The van der Waals surface area contributed by atoms with E-state index < -0.39 is 0 Å². The zero-order valence-corrected chi connectivity index (χ0v) is 14.9. The van der Waals surface area contributed by atoms with Crippen LogP contribution in [0.4, 0.5) is 0 Å². The van der Waals surface area contributed by atoms with Gasteiger partial charge in [0.1, 0.15) is 5.01 Å². The third kappa shape index (κ3) is 4.18. The lowest BCUT2D eigenvalue weighted by atomic mass is 10.2. The van der Waals surface area contributed by atoms with E-state index in [9.17, 15) is 9.59 Å². The largest absolute Gasteiger partial charge is 0.346 e. The summed E-state index contributed by atoms with van der Waals surface area (Å²) in [6.45, 7) is 3.72. The summed E-state index contributed by atoms with van der Waals surface area (Å²) in [5.74, 6) is -0.511. The smallest absolute Gasteiger partial charge is 0.242 e. The molecule has 0 saturated heterocycles. The molecule has 0 aliphatic rings. The van der Waals surface area contributed by atoms with Crippen molar-refractivity contribution in [3.05, 3.63) is 40.9 Å². The maximum atomic E-state index is 12.2. The van der Waals surface area contributed by atoms with E-state index >= 15 is 0 Å². The Kier molecular flexibility index (Phi) is 6.05. The predicted octanol–water partition coefficient (Wildman–Crippen LogP) is 1.71. The van der Waals surface area contributed by atoms with E-state index in [1.165, 1.54) is 0 Å². The molecule has 2 rings (SSSR count). The van der Waals surface area contributed by atoms with Gasteiger partial charge in [-0.15, -0.1) is 11.3 Å². The Morgan fingerprint density at radius 1 is 1.33 bits per heavy atom. The second-order valence-electron chi connectivity index (χ2n) is 5.50.